The van der Waals surface area contributed by atoms with E-state index in [0.29, 0.717) is 0 Å². The van der Waals surface area contributed by atoms with Crippen molar-refractivity contribution < 1.29 is 4.79 Å². The Morgan fingerprint density at radius 2 is 2.12 bits per heavy atom. The van der Waals surface area contributed by atoms with Gasteiger partial charge in [-0.1, -0.05) is 19.8 Å². The van der Waals surface area contributed by atoms with Crippen molar-refractivity contribution in [2.45, 2.75) is 52.4 Å². The van der Waals surface area contributed by atoms with Crippen molar-refractivity contribution in [1.82, 2.24) is 0 Å². The Morgan fingerprint density at radius 1 is 1.29 bits per heavy atom. The summed E-state index contributed by atoms with van der Waals surface area (Å²) in [5.74, 6) is 0.191. The van der Waals surface area contributed by atoms with Crippen LogP contribution in [0.1, 0.15) is 66.6 Å². The molecule has 1 aromatic carbocycles. The second-order valence-corrected chi connectivity index (χ2v) is 4.96. The lowest BCUT2D eigenvalue weighted by Crippen LogP contribution is -2.00. The summed E-state index contributed by atoms with van der Waals surface area (Å²) in [5.41, 5.74) is 5.08. The summed E-state index contributed by atoms with van der Waals surface area (Å²) in [6.45, 7) is 3.89. The zero-order valence-corrected chi connectivity index (χ0v) is 10.9. The van der Waals surface area contributed by atoms with Crippen LogP contribution in [0.25, 0.3) is 0 Å². The lowest BCUT2D eigenvalue weighted by Gasteiger charge is -2.10. The number of benzene rings is 1. The Balaban J connectivity index is 2.25. The summed E-state index contributed by atoms with van der Waals surface area (Å²) >= 11 is 0. The predicted octanol–water partition coefficient (Wildman–Crippen LogP) is 4.12. The van der Waals surface area contributed by atoms with Crippen LogP contribution in [0.15, 0.2) is 12.1 Å². The maximum Gasteiger partial charge on any atom is 0.159 e. The maximum atomic E-state index is 11.5. The number of hydrogen-bond acceptors (Lipinski definition) is 1. The molecular weight excluding hydrogens is 208 g/mol. The average molecular weight is 229 g/mol. The first kappa shape index (κ1) is 12.3. The van der Waals surface area contributed by atoms with Crippen molar-refractivity contribution in [3.63, 3.8) is 0 Å². The van der Waals surface area contributed by atoms with Crippen LogP contribution in [0.3, 0.4) is 0 Å². The molecule has 0 saturated carbocycles. The van der Waals surface area contributed by atoms with Crippen LogP contribution in [0, 0.1) is 6.42 Å². The molecule has 0 fully saturated rings. The van der Waals surface area contributed by atoms with E-state index in [1.807, 2.05) is 0 Å². The van der Waals surface area contributed by atoms with Gasteiger partial charge in [0.2, 0.25) is 0 Å². The van der Waals surface area contributed by atoms with Crippen molar-refractivity contribution in [3.05, 3.63) is 40.8 Å². The van der Waals surface area contributed by atoms with Crippen molar-refractivity contribution in [3.8, 4) is 0 Å². The lowest BCUT2D eigenvalue weighted by molar-refractivity contribution is 0.101. The number of aryl methyl sites for hydroxylation is 2. The Hall–Kier alpha value is -1.11. The molecule has 0 aromatic heterocycles. The Kier molecular flexibility index (Phi) is 3.98. The summed E-state index contributed by atoms with van der Waals surface area (Å²) in [6, 6.07) is 4.20. The van der Waals surface area contributed by atoms with Gasteiger partial charge in [0, 0.05) is 5.56 Å². The van der Waals surface area contributed by atoms with E-state index in [4.69, 9.17) is 0 Å². The average Bonchev–Trinajstić information content (AvgIpc) is 2.77. The monoisotopic (exact) mass is 229 g/mol. The molecule has 1 aliphatic rings. The fraction of sp³-hybridized carbons (Fsp3) is 0.500. The number of fused-ring (bicyclic) bond motifs is 1. The Morgan fingerprint density at radius 3 is 2.82 bits per heavy atom. The third-order valence-electron chi connectivity index (χ3n) is 3.57. The molecule has 0 saturated heterocycles. The maximum absolute atomic E-state index is 11.5. The summed E-state index contributed by atoms with van der Waals surface area (Å²) in [6.07, 6.45) is 9.46. The van der Waals surface area contributed by atoms with Crippen molar-refractivity contribution in [2.75, 3.05) is 0 Å². The highest BCUT2D eigenvalue weighted by atomic mass is 16.1. The van der Waals surface area contributed by atoms with Crippen LogP contribution in [0.5, 0.6) is 0 Å². The quantitative estimate of drug-likeness (QED) is 0.548. The van der Waals surface area contributed by atoms with E-state index < -0.39 is 0 Å². The highest BCUT2D eigenvalue weighted by molar-refractivity contribution is 5.94. The van der Waals surface area contributed by atoms with Crippen LogP contribution in [0.2, 0.25) is 0 Å². The molecule has 0 amide bonds. The molecule has 0 bridgehead atoms. The molecule has 0 heterocycles. The molecule has 0 N–H and O–H groups in total. The lowest BCUT2D eigenvalue weighted by atomic mass is 9.94. The molecule has 0 spiro atoms. The number of carbonyl (C=O) groups is 1. The topological polar surface area (TPSA) is 17.1 Å². The first-order valence-corrected chi connectivity index (χ1v) is 6.72. The minimum Gasteiger partial charge on any atom is -0.295 e. The second-order valence-electron chi connectivity index (χ2n) is 4.96. The zero-order chi connectivity index (χ0) is 12.3. The number of unbranched alkanes of at least 4 members (excludes halogenated alkanes) is 2. The van der Waals surface area contributed by atoms with Crippen LogP contribution in [-0.2, 0) is 12.8 Å². The summed E-state index contributed by atoms with van der Waals surface area (Å²) in [7, 11) is 0. The van der Waals surface area contributed by atoms with Gasteiger partial charge in [-0.2, -0.15) is 0 Å². The molecule has 0 atom stereocenters. The Bertz CT molecular complexity index is 418. The first-order chi connectivity index (χ1) is 8.22. The molecular formula is C16H21O. The smallest absolute Gasteiger partial charge is 0.159 e. The molecule has 1 heteroatoms. The molecule has 91 valence electrons. The van der Waals surface area contributed by atoms with E-state index in [9.17, 15) is 4.79 Å². The highest BCUT2D eigenvalue weighted by Gasteiger charge is 2.17. The van der Waals surface area contributed by atoms with Gasteiger partial charge < -0.3 is 0 Å². The van der Waals surface area contributed by atoms with Gasteiger partial charge in [0.25, 0.3) is 0 Å². The fourth-order valence-electron chi connectivity index (χ4n) is 2.60. The third kappa shape index (κ3) is 2.77. The molecule has 2 rings (SSSR count). The Labute approximate surface area is 104 Å². The van der Waals surface area contributed by atoms with Crippen LogP contribution in [-0.4, -0.2) is 5.78 Å². The van der Waals surface area contributed by atoms with Gasteiger partial charge >= 0.3 is 0 Å². The van der Waals surface area contributed by atoms with Crippen molar-refractivity contribution >= 4 is 5.78 Å². The summed E-state index contributed by atoms with van der Waals surface area (Å²) in [4.78, 5) is 11.5. The first-order valence-electron chi connectivity index (χ1n) is 6.72. The predicted molar refractivity (Wildman–Crippen MR) is 71.4 cm³/mol. The molecule has 0 aliphatic heterocycles. The van der Waals surface area contributed by atoms with E-state index in [-0.39, 0.29) is 5.78 Å². The molecule has 0 unspecified atom stereocenters. The minimum absolute atomic E-state index is 0.191. The number of Topliss-reactive ketones (excluding diaryl/α,β-unsaturated/α-hetero) is 1. The molecule has 1 aliphatic carbocycles. The van der Waals surface area contributed by atoms with Crippen molar-refractivity contribution in [1.29, 1.82) is 0 Å². The van der Waals surface area contributed by atoms with E-state index in [0.717, 1.165) is 24.8 Å². The van der Waals surface area contributed by atoms with E-state index in [2.05, 4.69) is 25.5 Å². The standard InChI is InChI=1S/C16H21O/c1-3-4-5-7-13-10-15(12(2)17)11-14-8-6-9-16(13)14/h9-11H,3-8H2,1-2H3. The fourth-order valence-corrected chi connectivity index (χ4v) is 2.60. The zero-order valence-electron chi connectivity index (χ0n) is 10.9. The molecule has 17 heavy (non-hydrogen) atoms. The molecule has 1 aromatic rings. The van der Waals surface area contributed by atoms with E-state index >= 15 is 0 Å². The van der Waals surface area contributed by atoms with Crippen LogP contribution >= 0.6 is 0 Å². The van der Waals surface area contributed by atoms with E-state index in [1.165, 1.54) is 36.0 Å². The van der Waals surface area contributed by atoms with Crippen molar-refractivity contribution in [2.24, 2.45) is 0 Å². The molecule has 1 nitrogen and oxygen atoms in total. The normalized spacial score (nSPS) is 13.8. The summed E-state index contributed by atoms with van der Waals surface area (Å²) in [5, 5.41) is 0. The number of hydrogen-bond donors (Lipinski definition) is 0. The van der Waals surface area contributed by atoms with Gasteiger partial charge in [-0.05, 0) is 67.9 Å². The third-order valence-corrected chi connectivity index (χ3v) is 3.57. The SMILES string of the molecule is CCCCCc1cc(C(C)=O)cc2c1[CH]CC2. The summed E-state index contributed by atoms with van der Waals surface area (Å²) < 4.78 is 0. The van der Waals surface area contributed by atoms with Crippen LogP contribution in [0.4, 0.5) is 0 Å². The van der Waals surface area contributed by atoms with Gasteiger partial charge in [0.15, 0.2) is 5.78 Å². The second kappa shape index (κ2) is 5.48. The molecule has 1 radical (unpaired) electrons. The number of ketones is 1. The minimum atomic E-state index is 0.191. The highest BCUT2D eigenvalue weighted by Crippen LogP contribution is 2.29. The van der Waals surface area contributed by atoms with Gasteiger partial charge in [0.1, 0.15) is 0 Å². The largest absolute Gasteiger partial charge is 0.295 e. The van der Waals surface area contributed by atoms with Gasteiger partial charge in [-0.3, -0.25) is 4.79 Å². The van der Waals surface area contributed by atoms with Gasteiger partial charge in [-0.15, -0.1) is 0 Å². The van der Waals surface area contributed by atoms with Crippen LogP contribution < -0.4 is 0 Å². The van der Waals surface area contributed by atoms with E-state index in [1.54, 1.807) is 6.92 Å². The number of rotatable bonds is 5. The number of carbonyl (C=O) groups excluding carboxylic acids is 1. The van der Waals surface area contributed by atoms with Gasteiger partial charge in [-0.25, -0.2) is 0 Å². The van der Waals surface area contributed by atoms with Gasteiger partial charge in [0.05, 0.1) is 0 Å².